The van der Waals surface area contributed by atoms with Crippen molar-refractivity contribution in [2.24, 2.45) is 7.05 Å². The summed E-state index contributed by atoms with van der Waals surface area (Å²) in [5, 5.41) is 7.82. The van der Waals surface area contributed by atoms with Gasteiger partial charge in [-0.3, -0.25) is 4.68 Å². The molecule has 0 aliphatic heterocycles. The SMILES string of the molecule is Cc1nn(C)c(C)c1CNc1cccc(Br)c1. The third-order valence-corrected chi connectivity index (χ3v) is 3.45. The highest BCUT2D eigenvalue weighted by atomic mass is 79.9. The van der Waals surface area contributed by atoms with Crippen LogP contribution in [0.3, 0.4) is 0 Å². The van der Waals surface area contributed by atoms with Crippen molar-refractivity contribution in [1.29, 1.82) is 0 Å². The fraction of sp³-hybridized carbons (Fsp3) is 0.308. The van der Waals surface area contributed by atoms with Crippen molar-refractivity contribution >= 4 is 21.6 Å². The van der Waals surface area contributed by atoms with E-state index in [4.69, 9.17) is 0 Å². The summed E-state index contributed by atoms with van der Waals surface area (Å²) in [7, 11) is 1.98. The number of nitrogens with one attached hydrogen (secondary N) is 1. The van der Waals surface area contributed by atoms with Crippen molar-refractivity contribution < 1.29 is 0 Å². The van der Waals surface area contributed by atoms with E-state index in [-0.39, 0.29) is 0 Å². The van der Waals surface area contributed by atoms with E-state index < -0.39 is 0 Å². The number of hydrogen-bond acceptors (Lipinski definition) is 2. The van der Waals surface area contributed by atoms with Gasteiger partial charge in [0, 0.05) is 35.0 Å². The number of aromatic nitrogens is 2. The van der Waals surface area contributed by atoms with Gasteiger partial charge in [0.15, 0.2) is 0 Å². The van der Waals surface area contributed by atoms with Crippen LogP contribution in [0.15, 0.2) is 28.7 Å². The maximum absolute atomic E-state index is 4.41. The Bertz CT molecular complexity index is 531. The lowest BCUT2D eigenvalue weighted by Gasteiger charge is -2.07. The molecule has 2 rings (SSSR count). The first-order chi connectivity index (χ1) is 8.08. The van der Waals surface area contributed by atoms with Gasteiger partial charge in [0.05, 0.1) is 5.69 Å². The van der Waals surface area contributed by atoms with E-state index in [0.29, 0.717) is 0 Å². The molecule has 0 aliphatic rings. The Morgan fingerprint density at radius 2 is 2.12 bits per heavy atom. The van der Waals surface area contributed by atoms with Crippen LogP contribution in [0.1, 0.15) is 17.0 Å². The van der Waals surface area contributed by atoms with E-state index in [2.05, 4.69) is 45.4 Å². The zero-order valence-corrected chi connectivity index (χ0v) is 11.9. The quantitative estimate of drug-likeness (QED) is 0.940. The number of anilines is 1. The molecule has 0 spiro atoms. The van der Waals surface area contributed by atoms with Gasteiger partial charge in [0.2, 0.25) is 0 Å². The van der Waals surface area contributed by atoms with Crippen molar-refractivity contribution in [2.45, 2.75) is 20.4 Å². The monoisotopic (exact) mass is 293 g/mol. The van der Waals surface area contributed by atoms with Crippen molar-refractivity contribution in [3.8, 4) is 0 Å². The van der Waals surface area contributed by atoms with Crippen LogP contribution >= 0.6 is 15.9 Å². The Labute approximate surface area is 110 Å². The van der Waals surface area contributed by atoms with Gasteiger partial charge >= 0.3 is 0 Å². The third-order valence-electron chi connectivity index (χ3n) is 2.95. The molecule has 3 nitrogen and oxygen atoms in total. The Balaban J connectivity index is 2.12. The van der Waals surface area contributed by atoms with E-state index in [1.165, 1.54) is 11.3 Å². The fourth-order valence-corrected chi connectivity index (χ4v) is 2.26. The Kier molecular flexibility index (Phi) is 3.52. The summed E-state index contributed by atoms with van der Waals surface area (Å²) in [5.41, 5.74) is 4.69. The molecule has 0 radical (unpaired) electrons. The topological polar surface area (TPSA) is 29.9 Å². The van der Waals surface area contributed by atoms with E-state index in [9.17, 15) is 0 Å². The number of halogens is 1. The van der Waals surface area contributed by atoms with Crippen molar-refractivity contribution in [2.75, 3.05) is 5.32 Å². The fourth-order valence-electron chi connectivity index (χ4n) is 1.86. The molecule has 0 amide bonds. The molecule has 0 bridgehead atoms. The Morgan fingerprint density at radius 3 is 2.71 bits per heavy atom. The van der Waals surface area contributed by atoms with Crippen LogP contribution in [0.5, 0.6) is 0 Å². The first-order valence-electron chi connectivity index (χ1n) is 5.56. The molecular formula is C13H16BrN3. The summed E-state index contributed by atoms with van der Waals surface area (Å²) in [5.74, 6) is 0. The van der Waals surface area contributed by atoms with Crippen LogP contribution in [0.25, 0.3) is 0 Å². The zero-order valence-electron chi connectivity index (χ0n) is 10.3. The van der Waals surface area contributed by atoms with E-state index in [1.54, 1.807) is 0 Å². The predicted molar refractivity (Wildman–Crippen MR) is 74.2 cm³/mol. The van der Waals surface area contributed by atoms with Crippen LogP contribution in [0, 0.1) is 13.8 Å². The summed E-state index contributed by atoms with van der Waals surface area (Å²) >= 11 is 3.46. The Morgan fingerprint density at radius 1 is 1.35 bits per heavy atom. The lowest BCUT2D eigenvalue weighted by Crippen LogP contribution is -2.02. The molecule has 1 aromatic carbocycles. The average molecular weight is 294 g/mol. The van der Waals surface area contributed by atoms with Crippen LogP contribution < -0.4 is 5.32 Å². The summed E-state index contributed by atoms with van der Waals surface area (Å²) in [6, 6.07) is 8.17. The van der Waals surface area contributed by atoms with E-state index in [0.717, 1.165) is 22.4 Å². The van der Waals surface area contributed by atoms with Crippen molar-refractivity contribution in [1.82, 2.24) is 9.78 Å². The first-order valence-corrected chi connectivity index (χ1v) is 6.35. The molecule has 2 aromatic rings. The highest BCUT2D eigenvalue weighted by molar-refractivity contribution is 9.10. The maximum Gasteiger partial charge on any atom is 0.0646 e. The van der Waals surface area contributed by atoms with Gasteiger partial charge in [-0.2, -0.15) is 5.10 Å². The molecule has 17 heavy (non-hydrogen) atoms. The zero-order chi connectivity index (χ0) is 12.4. The third kappa shape index (κ3) is 2.69. The lowest BCUT2D eigenvalue weighted by molar-refractivity contribution is 0.730. The summed E-state index contributed by atoms with van der Waals surface area (Å²) in [6.45, 7) is 4.95. The average Bonchev–Trinajstić information content (AvgIpc) is 2.51. The molecule has 1 aromatic heterocycles. The number of nitrogens with zero attached hydrogens (tertiary/aromatic N) is 2. The minimum atomic E-state index is 0.808. The number of benzene rings is 1. The smallest absolute Gasteiger partial charge is 0.0646 e. The summed E-state index contributed by atoms with van der Waals surface area (Å²) in [6.07, 6.45) is 0. The lowest BCUT2D eigenvalue weighted by atomic mass is 10.2. The van der Waals surface area contributed by atoms with E-state index >= 15 is 0 Å². The molecule has 0 unspecified atom stereocenters. The van der Waals surface area contributed by atoms with Gasteiger partial charge in [-0.15, -0.1) is 0 Å². The van der Waals surface area contributed by atoms with Crippen LogP contribution in [0.2, 0.25) is 0 Å². The largest absolute Gasteiger partial charge is 0.381 e. The molecule has 1 N–H and O–H groups in total. The predicted octanol–water partition coefficient (Wildman–Crippen LogP) is 3.41. The molecule has 90 valence electrons. The normalized spacial score (nSPS) is 10.6. The van der Waals surface area contributed by atoms with Crippen LogP contribution in [-0.4, -0.2) is 9.78 Å². The summed E-state index contributed by atoms with van der Waals surface area (Å²) in [4.78, 5) is 0. The molecule has 0 saturated heterocycles. The van der Waals surface area contributed by atoms with Gasteiger partial charge in [-0.1, -0.05) is 22.0 Å². The minimum Gasteiger partial charge on any atom is -0.381 e. The number of aryl methyl sites for hydroxylation is 2. The maximum atomic E-state index is 4.41. The van der Waals surface area contributed by atoms with Crippen LogP contribution in [0.4, 0.5) is 5.69 Å². The molecular weight excluding hydrogens is 278 g/mol. The Hall–Kier alpha value is -1.29. The minimum absolute atomic E-state index is 0.808. The van der Waals surface area contributed by atoms with Crippen molar-refractivity contribution in [3.05, 3.63) is 45.7 Å². The highest BCUT2D eigenvalue weighted by Crippen LogP contribution is 2.18. The molecule has 4 heteroatoms. The van der Waals surface area contributed by atoms with Gasteiger partial charge < -0.3 is 5.32 Å². The highest BCUT2D eigenvalue weighted by Gasteiger charge is 2.08. The second kappa shape index (κ2) is 4.92. The van der Waals surface area contributed by atoms with E-state index in [1.807, 2.05) is 30.8 Å². The molecule has 0 fully saturated rings. The van der Waals surface area contributed by atoms with Gasteiger partial charge in [-0.05, 0) is 32.0 Å². The molecule has 0 atom stereocenters. The number of rotatable bonds is 3. The molecule has 0 aliphatic carbocycles. The molecule has 1 heterocycles. The second-order valence-corrected chi connectivity index (χ2v) is 5.05. The standard InChI is InChI=1S/C13H16BrN3/c1-9-13(10(2)17(3)16-9)8-15-12-6-4-5-11(14)7-12/h4-7,15H,8H2,1-3H3. The summed E-state index contributed by atoms with van der Waals surface area (Å²) < 4.78 is 3.01. The van der Waals surface area contributed by atoms with Crippen LogP contribution in [-0.2, 0) is 13.6 Å². The number of hydrogen-bond donors (Lipinski definition) is 1. The second-order valence-electron chi connectivity index (χ2n) is 4.14. The molecule has 0 saturated carbocycles. The first kappa shape index (κ1) is 12.2. The van der Waals surface area contributed by atoms with Crippen molar-refractivity contribution in [3.63, 3.8) is 0 Å². The van der Waals surface area contributed by atoms with Gasteiger partial charge in [0.1, 0.15) is 0 Å². The van der Waals surface area contributed by atoms with Gasteiger partial charge in [0.25, 0.3) is 0 Å². The van der Waals surface area contributed by atoms with Gasteiger partial charge in [-0.25, -0.2) is 0 Å².